The highest BCUT2D eigenvalue weighted by molar-refractivity contribution is 5.90. The molecule has 3 rings (SSSR count). The van der Waals surface area contributed by atoms with Gasteiger partial charge in [0, 0.05) is 11.0 Å². The first-order valence-corrected chi connectivity index (χ1v) is 9.22. The Labute approximate surface area is 141 Å². The number of methoxy groups -OCH3 is 1. The molecule has 0 amide bonds. The lowest BCUT2D eigenvalue weighted by Gasteiger charge is -2.62. The molecule has 3 aliphatic rings. The number of ether oxygens (including phenoxy) is 1. The van der Waals surface area contributed by atoms with Gasteiger partial charge in [0.05, 0.1) is 7.11 Å². The van der Waals surface area contributed by atoms with Crippen molar-refractivity contribution in [3.63, 3.8) is 0 Å². The third-order valence-corrected chi connectivity index (χ3v) is 7.77. The van der Waals surface area contributed by atoms with Crippen LogP contribution in [0.3, 0.4) is 0 Å². The van der Waals surface area contributed by atoms with Crippen molar-refractivity contribution in [3.05, 3.63) is 24.3 Å². The van der Waals surface area contributed by atoms with Crippen molar-refractivity contribution in [1.29, 1.82) is 0 Å². The molecule has 0 heterocycles. The molecule has 2 fully saturated rings. The number of hydrogen-bond acceptors (Lipinski definition) is 2. The minimum Gasteiger partial charge on any atom is -0.466 e. The minimum atomic E-state index is -0.106. The zero-order chi connectivity index (χ0) is 16.9. The second-order valence-corrected chi connectivity index (χ2v) is 8.96. The van der Waals surface area contributed by atoms with Crippen molar-refractivity contribution >= 4 is 5.97 Å². The van der Waals surface area contributed by atoms with E-state index in [0.29, 0.717) is 16.7 Å². The molecule has 2 saturated carbocycles. The maximum Gasteiger partial charge on any atom is 0.333 e. The molecular weight excluding hydrogens is 284 g/mol. The van der Waals surface area contributed by atoms with E-state index in [1.54, 1.807) is 0 Å². The number of hydrogen-bond donors (Lipinski definition) is 0. The van der Waals surface area contributed by atoms with E-state index in [4.69, 9.17) is 4.74 Å². The first-order chi connectivity index (χ1) is 10.8. The molecule has 0 radical (unpaired) electrons. The first kappa shape index (κ1) is 16.8. The lowest BCUT2D eigenvalue weighted by Crippen LogP contribution is -2.54. The van der Waals surface area contributed by atoms with Gasteiger partial charge < -0.3 is 4.74 Å². The molecule has 2 heteroatoms. The fourth-order valence-electron chi connectivity index (χ4n) is 6.13. The predicted molar refractivity (Wildman–Crippen MR) is 93.9 cm³/mol. The Kier molecular flexibility index (Phi) is 4.01. The summed E-state index contributed by atoms with van der Waals surface area (Å²) >= 11 is 0. The van der Waals surface area contributed by atoms with Crippen molar-refractivity contribution in [1.82, 2.24) is 0 Å². The van der Waals surface area contributed by atoms with E-state index in [2.05, 4.69) is 39.5 Å². The van der Waals surface area contributed by atoms with Crippen LogP contribution in [0, 0.1) is 28.1 Å². The Morgan fingerprint density at radius 1 is 1.26 bits per heavy atom. The van der Waals surface area contributed by atoms with Crippen LogP contribution in [0.5, 0.6) is 0 Å². The molecule has 2 nitrogen and oxygen atoms in total. The van der Waals surface area contributed by atoms with Crippen LogP contribution in [-0.4, -0.2) is 13.1 Å². The minimum absolute atomic E-state index is 0.00147. The molecule has 0 aliphatic heterocycles. The summed E-state index contributed by atoms with van der Waals surface area (Å²) in [5, 5.41) is 0. The zero-order valence-corrected chi connectivity index (χ0v) is 15.3. The van der Waals surface area contributed by atoms with Crippen LogP contribution in [0.15, 0.2) is 24.3 Å². The lowest BCUT2D eigenvalue weighted by molar-refractivity contribution is -0.142. The van der Waals surface area contributed by atoms with Gasteiger partial charge in [0.25, 0.3) is 0 Å². The third kappa shape index (κ3) is 2.40. The van der Waals surface area contributed by atoms with Gasteiger partial charge >= 0.3 is 5.97 Å². The smallest absolute Gasteiger partial charge is 0.333 e. The van der Waals surface area contributed by atoms with Crippen LogP contribution in [-0.2, 0) is 9.53 Å². The Morgan fingerprint density at radius 3 is 2.65 bits per heavy atom. The molecule has 0 aromatic heterocycles. The van der Waals surface area contributed by atoms with E-state index < -0.39 is 0 Å². The Balaban J connectivity index is 1.94. The lowest BCUT2D eigenvalue weighted by atomic mass is 9.43. The summed E-state index contributed by atoms with van der Waals surface area (Å²) < 4.78 is 5.10. The van der Waals surface area contributed by atoms with E-state index in [1.165, 1.54) is 39.2 Å². The highest BCUT2D eigenvalue weighted by Crippen LogP contribution is 2.66. The standard InChI is InChI=1S/C21H32O2/c1-6-19(2)12-13-20(3)15(14-19)10-11-21(4)16(18(22)23-5)8-7-9-17(20)21/h6,8,15,17H,1,7,9-14H2,2-5H3. The summed E-state index contributed by atoms with van der Waals surface area (Å²) in [7, 11) is 1.51. The van der Waals surface area contributed by atoms with Crippen molar-refractivity contribution in [2.45, 2.75) is 65.7 Å². The molecule has 0 aromatic rings. The maximum atomic E-state index is 12.3. The van der Waals surface area contributed by atoms with Crippen LogP contribution in [0.2, 0.25) is 0 Å². The summed E-state index contributed by atoms with van der Waals surface area (Å²) in [6.07, 6.45) is 12.7. The van der Waals surface area contributed by atoms with Gasteiger partial charge in [-0.1, -0.05) is 32.9 Å². The van der Waals surface area contributed by atoms with Gasteiger partial charge in [0.15, 0.2) is 0 Å². The van der Waals surface area contributed by atoms with E-state index in [9.17, 15) is 4.79 Å². The first-order valence-electron chi connectivity index (χ1n) is 9.22. The number of fused-ring (bicyclic) bond motifs is 3. The van der Waals surface area contributed by atoms with Crippen LogP contribution in [0.25, 0.3) is 0 Å². The van der Waals surface area contributed by atoms with Crippen molar-refractivity contribution < 1.29 is 9.53 Å². The summed E-state index contributed by atoms with van der Waals surface area (Å²) in [6.45, 7) is 11.3. The van der Waals surface area contributed by atoms with E-state index in [1.807, 2.05) is 0 Å². The summed E-state index contributed by atoms with van der Waals surface area (Å²) in [5.41, 5.74) is 1.60. The fourth-order valence-corrected chi connectivity index (χ4v) is 6.13. The highest BCUT2D eigenvalue weighted by atomic mass is 16.5. The second-order valence-electron chi connectivity index (χ2n) is 8.96. The van der Waals surface area contributed by atoms with Crippen molar-refractivity contribution in [2.75, 3.05) is 7.11 Å². The second kappa shape index (κ2) is 5.50. The Bertz CT molecular complexity index is 548. The van der Waals surface area contributed by atoms with Gasteiger partial charge in [-0.3, -0.25) is 0 Å². The maximum absolute atomic E-state index is 12.3. The van der Waals surface area contributed by atoms with Crippen molar-refractivity contribution in [2.24, 2.45) is 28.1 Å². The quantitative estimate of drug-likeness (QED) is 0.511. The average molecular weight is 316 g/mol. The topological polar surface area (TPSA) is 26.3 Å². The molecule has 23 heavy (non-hydrogen) atoms. The summed E-state index contributed by atoms with van der Waals surface area (Å²) in [4.78, 5) is 12.3. The molecule has 0 bridgehead atoms. The predicted octanol–water partition coefficient (Wildman–Crippen LogP) is 5.29. The number of rotatable bonds is 2. The number of carbonyl (C=O) groups is 1. The summed E-state index contributed by atoms with van der Waals surface area (Å²) in [5.74, 6) is 1.25. The Morgan fingerprint density at radius 2 is 2.00 bits per heavy atom. The molecule has 128 valence electrons. The van der Waals surface area contributed by atoms with Crippen molar-refractivity contribution in [3.8, 4) is 0 Å². The van der Waals surface area contributed by atoms with E-state index >= 15 is 0 Å². The molecular formula is C21H32O2. The molecule has 0 aromatic carbocycles. The van der Waals surface area contributed by atoms with Crippen LogP contribution >= 0.6 is 0 Å². The third-order valence-electron chi connectivity index (χ3n) is 7.77. The van der Waals surface area contributed by atoms with E-state index in [0.717, 1.165) is 24.3 Å². The van der Waals surface area contributed by atoms with Gasteiger partial charge in [-0.2, -0.15) is 0 Å². The Hall–Kier alpha value is -1.05. The van der Waals surface area contributed by atoms with Gasteiger partial charge in [0.2, 0.25) is 0 Å². The molecule has 3 aliphatic carbocycles. The molecule has 0 N–H and O–H groups in total. The molecule has 5 unspecified atom stereocenters. The zero-order valence-electron chi connectivity index (χ0n) is 15.3. The fraction of sp³-hybridized carbons (Fsp3) is 0.762. The van der Waals surface area contributed by atoms with Gasteiger partial charge in [-0.15, -0.1) is 6.58 Å². The average Bonchev–Trinajstić information content (AvgIpc) is 2.55. The van der Waals surface area contributed by atoms with Gasteiger partial charge in [0.1, 0.15) is 0 Å². The monoisotopic (exact) mass is 316 g/mol. The number of carbonyl (C=O) groups excluding carboxylic acids is 1. The van der Waals surface area contributed by atoms with Crippen LogP contribution in [0.4, 0.5) is 0 Å². The largest absolute Gasteiger partial charge is 0.466 e. The molecule has 0 spiro atoms. The normalized spacial score (nSPS) is 46.2. The van der Waals surface area contributed by atoms with Crippen LogP contribution < -0.4 is 0 Å². The number of esters is 1. The summed E-state index contributed by atoms with van der Waals surface area (Å²) in [6, 6.07) is 0. The number of allylic oxidation sites excluding steroid dienone is 2. The van der Waals surface area contributed by atoms with Crippen LogP contribution in [0.1, 0.15) is 65.7 Å². The molecule has 5 atom stereocenters. The SMILES string of the molecule is C=CC1(C)CCC2(C)C(CCC3(C)C(C(=O)OC)=CCCC32)C1. The van der Waals surface area contributed by atoms with E-state index in [-0.39, 0.29) is 11.4 Å². The van der Waals surface area contributed by atoms with Gasteiger partial charge in [-0.05, 0) is 67.6 Å². The van der Waals surface area contributed by atoms with Gasteiger partial charge in [-0.25, -0.2) is 4.79 Å². The highest BCUT2D eigenvalue weighted by Gasteiger charge is 2.58. The molecule has 0 saturated heterocycles.